The van der Waals surface area contributed by atoms with Gasteiger partial charge in [0.2, 0.25) is 5.91 Å². The van der Waals surface area contributed by atoms with Crippen LogP contribution in [-0.2, 0) is 11.2 Å². The molecule has 1 heterocycles. The molecule has 1 saturated heterocycles. The molecule has 7 heteroatoms. The Labute approximate surface area is 192 Å². The molecule has 4 rings (SSSR count). The van der Waals surface area contributed by atoms with E-state index in [2.05, 4.69) is 28.8 Å². The number of rotatable bonds is 7. The first-order valence-corrected chi connectivity index (χ1v) is 11.1. The number of aryl methyl sites for hydroxylation is 1. The topological polar surface area (TPSA) is 98.7 Å². The zero-order chi connectivity index (χ0) is 23.4. The molecule has 3 aromatic rings. The minimum Gasteiger partial charge on any atom is -0.465 e. The van der Waals surface area contributed by atoms with Crippen LogP contribution in [0.3, 0.4) is 0 Å². The van der Waals surface area contributed by atoms with E-state index in [9.17, 15) is 14.4 Å². The molecule has 1 aliphatic rings. The number of benzene rings is 3. The smallest absolute Gasteiger partial charge is 0.407 e. The summed E-state index contributed by atoms with van der Waals surface area (Å²) in [6, 6.07) is 21.1. The van der Waals surface area contributed by atoms with Crippen LogP contribution in [0.4, 0.5) is 4.79 Å². The lowest BCUT2D eigenvalue weighted by Crippen LogP contribution is -2.60. The Balaban J connectivity index is 1.38. The van der Waals surface area contributed by atoms with Crippen LogP contribution >= 0.6 is 0 Å². The summed E-state index contributed by atoms with van der Waals surface area (Å²) in [5, 5.41) is 17.1. The number of fused-ring (bicyclic) bond motifs is 1. The zero-order valence-corrected chi connectivity index (χ0v) is 18.5. The highest BCUT2D eigenvalue weighted by atomic mass is 16.4. The summed E-state index contributed by atoms with van der Waals surface area (Å²) >= 11 is 0. The SMILES string of the molecule is C[C@@H](NC(=O)c1ccccc1CCC(=O)NC1CN(C(=O)O)C1)c1cccc2ccccc12. The number of carboxylic acid groups (broad SMARTS) is 1. The van der Waals surface area contributed by atoms with E-state index >= 15 is 0 Å². The lowest BCUT2D eigenvalue weighted by Gasteiger charge is -2.37. The maximum absolute atomic E-state index is 13.1. The number of hydrogen-bond donors (Lipinski definition) is 3. The van der Waals surface area contributed by atoms with Crippen molar-refractivity contribution in [3.8, 4) is 0 Å². The zero-order valence-electron chi connectivity index (χ0n) is 18.5. The lowest BCUT2D eigenvalue weighted by atomic mass is 9.98. The Morgan fingerprint density at radius 2 is 1.70 bits per heavy atom. The van der Waals surface area contributed by atoms with Gasteiger partial charge in [0.1, 0.15) is 0 Å². The van der Waals surface area contributed by atoms with E-state index in [1.807, 2.05) is 49.4 Å². The van der Waals surface area contributed by atoms with Gasteiger partial charge in [0.05, 0.1) is 12.1 Å². The minimum absolute atomic E-state index is 0.145. The normalized spacial score (nSPS) is 14.4. The van der Waals surface area contributed by atoms with Crippen molar-refractivity contribution in [3.05, 3.63) is 83.4 Å². The van der Waals surface area contributed by atoms with Crippen molar-refractivity contribution in [1.82, 2.24) is 15.5 Å². The molecule has 7 nitrogen and oxygen atoms in total. The molecule has 3 amide bonds. The second-order valence-corrected chi connectivity index (χ2v) is 8.37. The average molecular weight is 446 g/mol. The standard InChI is InChI=1S/C26H27N3O4/c1-17(21-12-6-9-18-7-2-4-10-22(18)21)27-25(31)23-11-5-3-8-19(23)13-14-24(30)28-20-15-29(16-20)26(32)33/h2-12,17,20H,13-16H2,1H3,(H,27,31)(H,28,30)(H,32,33)/t17-/m1/s1. The van der Waals surface area contributed by atoms with Gasteiger partial charge in [-0.05, 0) is 41.3 Å². The van der Waals surface area contributed by atoms with E-state index in [4.69, 9.17) is 5.11 Å². The summed E-state index contributed by atoms with van der Waals surface area (Å²) in [6.07, 6.45) is -0.321. The fourth-order valence-corrected chi connectivity index (χ4v) is 4.21. The van der Waals surface area contributed by atoms with E-state index in [0.717, 1.165) is 21.9 Å². The first-order valence-electron chi connectivity index (χ1n) is 11.1. The fourth-order valence-electron chi connectivity index (χ4n) is 4.21. The van der Waals surface area contributed by atoms with Crippen molar-refractivity contribution in [2.24, 2.45) is 0 Å². The molecule has 1 aliphatic heterocycles. The Hall–Kier alpha value is -3.87. The fraction of sp³-hybridized carbons (Fsp3) is 0.269. The largest absolute Gasteiger partial charge is 0.465 e. The van der Waals surface area contributed by atoms with Crippen LogP contribution in [0, 0.1) is 0 Å². The first kappa shape index (κ1) is 22.3. The van der Waals surface area contributed by atoms with E-state index < -0.39 is 6.09 Å². The second kappa shape index (κ2) is 9.73. The summed E-state index contributed by atoms with van der Waals surface area (Å²) in [4.78, 5) is 37.5. The molecule has 0 radical (unpaired) electrons. The number of carbonyl (C=O) groups is 3. The van der Waals surface area contributed by atoms with Crippen LogP contribution in [0.2, 0.25) is 0 Å². The van der Waals surface area contributed by atoms with Crippen LogP contribution in [0.15, 0.2) is 66.7 Å². The van der Waals surface area contributed by atoms with Gasteiger partial charge in [0.15, 0.2) is 0 Å². The highest BCUT2D eigenvalue weighted by Crippen LogP contribution is 2.24. The minimum atomic E-state index is -0.974. The Morgan fingerprint density at radius 3 is 2.48 bits per heavy atom. The Kier molecular flexibility index (Phi) is 6.58. The molecule has 1 fully saturated rings. The number of likely N-dealkylation sites (tertiary alicyclic amines) is 1. The second-order valence-electron chi connectivity index (χ2n) is 8.37. The van der Waals surface area contributed by atoms with Gasteiger partial charge in [-0.3, -0.25) is 9.59 Å². The molecule has 0 aromatic heterocycles. The highest BCUT2D eigenvalue weighted by Gasteiger charge is 2.31. The third-order valence-corrected chi connectivity index (χ3v) is 6.04. The number of nitrogens with one attached hydrogen (secondary N) is 2. The monoisotopic (exact) mass is 445 g/mol. The van der Waals surface area contributed by atoms with Gasteiger partial charge in [-0.1, -0.05) is 60.7 Å². The van der Waals surface area contributed by atoms with Gasteiger partial charge in [0, 0.05) is 25.1 Å². The number of carbonyl (C=O) groups excluding carboxylic acids is 2. The molecular formula is C26H27N3O4. The van der Waals surface area contributed by atoms with Crippen LogP contribution in [0.25, 0.3) is 10.8 Å². The van der Waals surface area contributed by atoms with Gasteiger partial charge in [-0.25, -0.2) is 4.79 Å². The Bertz CT molecular complexity index is 1180. The van der Waals surface area contributed by atoms with Gasteiger partial charge in [-0.2, -0.15) is 0 Å². The molecule has 170 valence electrons. The van der Waals surface area contributed by atoms with Gasteiger partial charge in [0.25, 0.3) is 5.91 Å². The molecule has 3 N–H and O–H groups in total. The van der Waals surface area contributed by atoms with Crippen molar-refractivity contribution in [2.45, 2.75) is 31.8 Å². The average Bonchev–Trinajstić information content (AvgIpc) is 2.79. The van der Waals surface area contributed by atoms with Crippen molar-refractivity contribution in [2.75, 3.05) is 13.1 Å². The molecule has 0 spiro atoms. The summed E-state index contributed by atoms with van der Waals surface area (Å²) in [5.74, 6) is -0.327. The maximum Gasteiger partial charge on any atom is 0.407 e. The highest BCUT2D eigenvalue weighted by molar-refractivity contribution is 5.96. The van der Waals surface area contributed by atoms with Crippen LogP contribution in [0.5, 0.6) is 0 Å². The maximum atomic E-state index is 13.1. The lowest BCUT2D eigenvalue weighted by molar-refractivity contribution is -0.122. The molecule has 0 aliphatic carbocycles. The Morgan fingerprint density at radius 1 is 1.00 bits per heavy atom. The first-order chi connectivity index (χ1) is 15.9. The van der Waals surface area contributed by atoms with E-state index in [-0.39, 0.29) is 30.3 Å². The van der Waals surface area contributed by atoms with Gasteiger partial charge >= 0.3 is 6.09 Å². The summed E-state index contributed by atoms with van der Waals surface area (Å²) in [5.41, 5.74) is 2.41. The molecular weight excluding hydrogens is 418 g/mol. The molecule has 1 atom stereocenters. The molecule has 0 saturated carbocycles. The van der Waals surface area contributed by atoms with Crippen molar-refractivity contribution >= 4 is 28.7 Å². The third kappa shape index (κ3) is 5.14. The van der Waals surface area contributed by atoms with Crippen LogP contribution in [0.1, 0.15) is 40.9 Å². The number of hydrogen-bond acceptors (Lipinski definition) is 3. The van der Waals surface area contributed by atoms with Crippen LogP contribution < -0.4 is 10.6 Å². The van der Waals surface area contributed by atoms with Crippen LogP contribution in [-0.4, -0.2) is 47.0 Å². The molecule has 0 unspecified atom stereocenters. The summed E-state index contributed by atoms with van der Waals surface area (Å²) in [6.45, 7) is 2.59. The molecule has 3 aromatic carbocycles. The summed E-state index contributed by atoms with van der Waals surface area (Å²) in [7, 11) is 0. The quantitative estimate of drug-likeness (QED) is 0.516. The van der Waals surface area contributed by atoms with Gasteiger partial charge in [-0.15, -0.1) is 0 Å². The number of nitrogens with zero attached hydrogens (tertiary/aromatic N) is 1. The summed E-state index contributed by atoms with van der Waals surface area (Å²) < 4.78 is 0. The predicted molar refractivity (Wildman–Crippen MR) is 126 cm³/mol. The van der Waals surface area contributed by atoms with E-state index in [1.165, 1.54) is 4.90 Å². The van der Waals surface area contributed by atoms with E-state index in [0.29, 0.717) is 25.1 Å². The molecule has 0 bridgehead atoms. The van der Waals surface area contributed by atoms with Crippen molar-refractivity contribution in [1.29, 1.82) is 0 Å². The van der Waals surface area contributed by atoms with Crippen molar-refractivity contribution in [3.63, 3.8) is 0 Å². The number of amides is 3. The van der Waals surface area contributed by atoms with E-state index in [1.54, 1.807) is 6.07 Å². The van der Waals surface area contributed by atoms with Gasteiger partial charge < -0.3 is 20.6 Å². The third-order valence-electron chi connectivity index (χ3n) is 6.04. The predicted octanol–water partition coefficient (Wildman–Crippen LogP) is 3.74. The van der Waals surface area contributed by atoms with Crippen molar-refractivity contribution < 1.29 is 19.5 Å². The molecule has 33 heavy (non-hydrogen) atoms.